The van der Waals surface area contributed by atoms with Gasteiger partial charge in [0, 0.05) is 6.42 Å². The number of hydrogen-bond acceptors (Lipinski definition) is 13. The first-order chi connectivity index (χ1) is 24.3. The maximum atomic E-state index is 11.8. The van der Waals surface area contributed by atoms with Gasteiger partial charge in [0.15, 0.2) is 0 Å². The zero-order chi connectivity index (χ0) is 35.4. The summed E-state index contributed by atoms with van der Waals surface area (Å²) in [6, 6.07) is 0. The minimum atomic E-state index is -0.135. The Bertz CT molecular complexity index is 615. The van der Waals surface area contributed by atoms with Crippen LogP contribution in [0.3, 0.4) is 0 Å². The van der Waals surface area contributed by atoms with Gasteiger partial charge in [-0.25, -0.2) is 0 Å². The molecule has 0 aromatic rings. The Hall–Kier alpha value is -0.970. The fourth-order valence-electron chi connectivity index (χ4n) is 4.37. The van der Waals surface area contributed by atoms with Crippen LogP contribution in [0.15, 0.2) is 0 Å². The average Bonchev–Trinajstić information content (AvgIpc) is 3.11. The average molecular weight is 713 g/mol. The number of hydrogen-bond donors (Lipinski definition) is 1. The van der Waals surface area contributed by atoms with Gasteiger partial charge in [0.1, 0.15) is 6.61 Å². The third-order valence-corrected chi connectivity index (χ3v) is 7.06. The molecule has 0 saturated heterocycles. The number of ether oxygens (including phenoxy) is 11. The van der Waals surface area contributed by atoms with Crippen LogP contribution >= 0.6 is 0 Å². The van der Waals surface area contributed by atoms with Crippen LogP contribution < -0.4 is 0 Å². The molecular weight excluding hydrogens is 640 g/mol. The molecule has 0 rings (SSSR count). The summed E-state index contributed by atoms with van der Waals surface area (Å²) < 4.78 is 59.3. The Kier molecular flexibility index (Phi) is 44.2. The van der Waals surface area contributed by atoms with E-state index >= 15 is 0 Å². The van der Waals surface area contributed by atoms with Gasteiger partial charge in [0.25, 0.3) is 0 Å². The lowest BCUT2D eigenvalue weighted by molar-refractivity contribution is -0.145. The predicted octanol–water partition coefficient (Wildman–Crippen LogP) is 4.39. The van der Waals surface area contributed by atoms with E-state index in [0.717, 1.165) is 12.8 Å². The minimum absolute atomic E-state index is 0.0239. The zero-order valence-corrected chi connectivity index (χ0v) is 30.9. The quantitative estimate of drug-likeness (QED) is 0.0707. The van der Waals surface area contributed by atoms with Gasteiger partial charge in [-0.3, -0.25) is 4.79 Å². The molecule has 0 aromatic heterocycles. The van der Waals surface area contributed by atoms with Gasteiger partial charge in [-0.15, -0.1) is 0 Å². The second kappa shape index (κ2) is 45.1. The Morgan fingerprint density at radius 1 is 0.347 bits per heavy atom. The minimum Gasteiger partial charge on any atom is -0.463 e. The Labute approximate surface area is 297 Å². The number of rotatable bonds is 44. The second-order valence-corrected chi connectivity index (χ2v) is 11.4. The highest BCUT2D eigenvalue weighted by Crippen LogP contribution is 2.12. The largest absolute Gasteiger partial charge is 0.463 e. The van der Waals surface area contributed by atoms with Crippen LogP contribution in [0.25, 0.3) is 0 Å². The van der Waals surface area contributed by atoms with Gasteiger partial charge < -0.3 is 57.2 Å². The lowest BCUT2D eigenvalue weighted by Crippen LogP contribution is -2.15. The molecule has 294 valence electrons. The van der Waals surface area contributed by atoms with Crippen molar-refractivity contribution in [3.63, 3.8) is 0 Å². The van der Waals surface area contributed by atoms with E-state index in [1.807, 2.05) is 0 Å². The van der Waals surface area contributed by atoms with Crippen LogP contribution in [0.2, 0.25) is 0 Å². The third-order valence-electron chi connectivity index (χ3n) is 7.06. The summed E-state index contributed by atoms with van der Waals surface area (Å²) >= 11 is 0. The standard InChI is InChI=1S/C36H72O13/c1-2-3-4-5-6-7-8-9-10-11-12-13-36(38)49-35-34-48-33-32-47-31-30-46-29-28-45-27-26-44-25-24-43-23-22-42-21-20-41-19-18-40-17-16-39-15-14-37/h37H,2-35H2,1H3. The van der Waals surface area contributed by atoms with Crippen LogP contribution in [0.4, 0.5) is 0 Å². The summed E-state index contributed by atoms with van der Waals surface area (Å²) in [5.74, 6) is -0.135. The van der Waals surface area contributed by atoms with Crippen molar-refractivity contribution in [1.29, 1.82) is 0 Å². The van der Waals surface area contributed by atoms with Crippen molar-refractivity contribution in [2.24, 2.45) is 0 Å². The molecule has 0 saturated carbocycles. The summed E-state index contributed by atoms with van der Waals surface area (Å²) in [5, 5.41) is 8.58. The van der Waals surface area contributed by atoms with Crippen molar-refractivity contribution in [2.45, 2.75) is 84.0 Å². The fourth-order valence-corrected chi connectivity index (χ4v) is 4.37. The fraction of sp³-hybridized carbons (Fsp3) is 0.972. The van der Waals surface area contributed by atoms with Crippen molar-refractivity contribution >= 4 is 5.97 Å². The maximum absolute atomic E-state index is 11.8. The molecule has 0 atom stereocenters. The molecule has 0 aromatic carbocycles. The number of aliphatic hydroxyl groups excluding tert-OH is 1. The van der Waals surface area contributed by atoms with E-state index in [1.54, 1.807) is 0 Å². The van der Waals surface area contributed by atoms with Crippen molar-refractivity contribution < 1.29 is 62.0 Å². The first-order valence-corrected chi connectivity index (χ1v) is 18.8. The van der Waals surface area contributed by atoms with E-state index < -0.39 is 0 Å². The second-order valence-electron chi connectivity index (χ2n) is 11.4. The van der Waals surface area contributed by atoms with E-state index in [0.29, 0.717) is 139 Å². The highest BCUT2D eigenvalue weighted by atomic mass is 16.6. The monoisotopic (exact) mass is 712 g/mol. The van der Waals surface area contributed by atoms with Crippen molar-refractivity contribution in [1.82, 2.24) is 0 Å². The topological polar surface area (TPSA) is 139 Å². The molecule has 0 aliphatic heterocycles. The summed E-state index contributed by atoms with van der Waals surface area (Å²) in [7, 11) is 0. The lowest BCUT2D eigenvalue weighted by atomic mass is 10.1. The molecule has 0 unspecified atom stereocenters. The first-order valence-electron chi connectivity index (χ1n) is 18.8. The molecule has 0 aliphatic rings. The van der Waals surface area contributed by atoms with Crippen LogP contribution in [0, 0.1) is 0 Å². The molecule has 0 fully saturated rings. The molecule has 0 aliphatic carbocycles. The smallest absolute Gasteiger partial charge is 0.305 e. The molecular formula is C36H72O13. The summed E-state index contributed by atoms with van der Waals surface area (Å²) in [6.45, 7) is 12.1. The van der Waals surface area contributed by atoms with Gasteiger partial charge in [0.2, 0.25) is 0 Å². The summed E-state index contributed by atoms with van der Waals surface area (Å²) in [4.78, 5) is 11.8. The van der Waals surface area contributed by atoms with E-state index in [2.05, 4.69) is 6.92 Å². The van der Waals surface area contributed by atoms with Crippen LogP contribution in [-0.4, -0.2) is 156 Å². The number of carbonyl (C=O) groups excluding carboxylic acids is 1. The molecule has 0 heterocycles. The van der Waals surface area contributed by atoms with E-state index in [1.165, 1.54) is 57.8 Å². The van der Waals surface area contributed by atoms with Gasteiger partial charge in [0.05, 0.1) is 139 Å². The molecule has 13 nitrogen and oxygen atoms in total. The van der Waals surface area contributed by atoms with Gasteiger partial charge in [-0.1, -0.05) is 71.1 Å². The van der Waals surface area contributed by atoms with Crippen LogP contribution in [-0.2, 0) is 56.9 Å². The van der Waals surface area contributed by atoms with Crippen molar-refractivity contribution in [3.8, 4) is 0 Å². The normalized spacial score (nSPS) is 11.5. The Balaban J connectivity index is 3.11. The maximum Gasteiger partial charge on any atom is 0.305 e. The van der Waals surface area contributed by atoms with Crippen LogP contribution in [0.1, 0.15) is 84.0 Å². The number of esters is 1. The van der Waals surface area contributed by atoms with Gasteiger partial charge in [-0.2, -0.15) is 0 Å². The van der Waals surface area contributed by atoms with Gasteiger partial charge >= 0.3 is 5.97 Å². The van der Waals surface area contributed by atoms with E-state index in [9.17, 15) is 4.79 Å². The molecule has 0 bridgehead atoms. The number of carbonyl (C=O) groups is 1. The summed E-state index contributed by atoms with van der Waals surface area (Å²) in [6.07, 6.45) is 14.4. The molecule has 13 heteroatoms. The van der Waals surface area contributed by atoms with Crippen LogP contribution in [0.5, 0.6) is 0 Å². The third kappa shape index (κ3) is 45.0. The molecule has 0 radical (unpaired) electrons. The lowest BCUT2D eigenvalue weighted by Gasteiger charge is -2.09. The zero-order valence-electron chi connectivity index (χ0n) is 30.9. The van der Waals surface area contributed by atoms with E-state index in [4.69, 9.17) is 57.2 Å². The number of aliphatic hydroxyl groups is 1. The van der Waals surface area contributed by atoms with Crippen molar-refractivity contribution in [2.75, 3.05) is 145 Å². The highest BCUT2D eigenvalue weighted by molar-refractivity contribution is 5.69. The Morgan fingerprint density at radius 2 is 0.592 bits per heavy atom. The number of unbranched alkanes of at least 4 members (excludes halogenated alkanes) is 10. The SMILES string of the molecule is CCCCCCCCCCCCCC(=O)OCCOCCOCCOCCOCCOCCOCCOCCOCCOCCOCCO. The molecule has 0 spiro atoms. The van der Waals surface area contributed by atoms with Crippen molar-refractivity contribution in [3.05, 3.63) is 0 Å². The predicted molar refractivity (Wildman–Crippen MR) is 187 cm³/mol. The van der Waals surface area contributed by atoms with Gasteiger partial charge in [-0.05, 0) is 6.42 Å². The molecule has 0 amide bonds. The van der Waals surface area contributed by atoms with E-state index in [-0.39, 0.29) is 19.2 Å². The highest BCUT2D eigenvalue weighted by Gasteiger charge is 2.03. The summed E-state index contributed by atoms with van der Waals surface area (Å²) in [5.41, 5.74) is 0. The first kappa shape index (κ1) is 48.0. The molecule has 49 heavy (non-hydrogen) atoms. The Morgan fingerprint density at radius 3 is 0.878 bits per heavy atom. The molecule has 1 N–H and O–H groups in total.